The van der Waals surface area contributed by atoms with Crippen molar-refractivity contribution in [2.24, 2.45) is 4.99 Å². The van der Waals surface area contributed by atoms with Crippen LogP contribution in [-0.2, 0) is 6.54 Å². The number of benzene rings is 1. The fraction of sp³-hybridized carbons (Fsp3) is 0.571. The van der Waals surface area contributed by atoms with E-state index >= 15 is 0 Å². The third kappa shape index (κ3) is 9.25. The summed E-state index contributed by atoms with van der Waals surface area (Å²) in [7, 11) is 2.20. The fourth-order valence-electron chi connectivity index (χ4n) is 3.09. The summed E-state index contributed by atoms with van der Waals surface area (Å²) in [4.78, 5) is 9.66. The molecule has 2 rings (SSSR count). The predicted molar refractivity (Wildman–Crippen MR) is 129 cm³/mol. The van der Waals surface area contributed by atoms with Crippen molar-refractivity contribution in [1.82, 2.24) is 20.4 Å². The molecule has 2 N–H and O–H groups in total. The summed E-state index contributed by atoms with van der Waals surface area (Å²) in [5.41, 5.74) is 1.08. The molecule has 158 valence electrons. The molecule has 1 aliphatic heterocycles. The first kappa shape index (κ1) is 24.7. The van der Waals surface area contributed by atoms with Crippen LogP contribution in [0, 0.1) is 0 Å². The lowest BCUT2D eigenvalue weighted by Crippen LogP contribution is -2.42. The van der Waals surface area contributed by atoms with Crippen LogP contribution in [-0.4, -0.2) is 75.2 Å². The van der Waals surface area contributed by atoms with Gasteiger partial charge in [-0.05, 0) is 39.5 Å². The number of nitrogens with zero attached hydrogens (tertiary/aromatic N) is 3. The zero-order valence-electron chi connectivity index (χ0n) is 17.3. The number of ether oxygens (including phenoxy) is 1. The van der Waals surface area contributed by atoms with Gasteiger partial charge in [0.1, 0.15) is 12.4 Å². The number of nitrogens with one attached hydrogen (secondary N) is 2. The van der Waals surface area contributed by atoms with E-state index in [4.69, 9.17) is 9.73 Å². The average Bonchev–Trinajstić information content (AvgIpc) is 2.89. The van der Waals surface area contributed by atoms with Gasteiger partial charge >= 0.3 is 0 Å². The first-order valence-corrected chi connectivity index (χ1v) is 9.97. The minimum atomic E-state index is 0. The van der Waals surface area contributed by atoms with Crippen LogP contribution in [0.5, 0.6) is 5.75 Å². The Hall–Kier alpha value is -1.32. The number of guanidine groups is 1. The molecule has 1 aliphatic rings. The van der Waals surface area contributed by atoms with Gasteiger partial charge in [-0.25, -0.2) is 4.99 Å². The summed E-state index contributed by atoms with van der Waals surface area (Å²) in [5, 5.41) is 6.79. The van der Waals surface area contributed by atoms with Crippen LogP contribution in [0.15, 0.2) is 41.9 Å². The molecular formula is C21H36IN5O. The molecule has 0 radical (unpaired) electrons. The Morgan fingerprint density at radius 1 is 1.21 bits per heavy atom. The summed E-state index contributed by atoms with van der Waals surface area (Å²) >= 11 is 0. The molecule has 6 nitrogen and oxygen atoms in total. The summed E-state index contributed by atoms with van der Waals surface area (Å²) in [5.74, 6) is 1.72. The van der Waals surface area contributed by atoms with Crippen molar-refractivity contribution in [2.45, 2.75) is 19.9 Å². The highest BCUT2D eigenvalue weighted by Gasteiger charge is 2.11. The van der Waals surface area contributed by atoms with E-state index in [1.54, 1.807) is 6.08 Å². The standard InChI is InChI=1S/C21H35N5O.HI/c1-4-17-27-20-10-7-6-9-19(20)18-24-21(22-5-2)23-11-14-26-13-8-12-25(3)15-16-26;/h4,6-7,9-10H,1,5,8,11-18H2,2-3H3,(H2,22,23,24);1H. The van der Waals surface area contributed by atoms with Crippen molar-refractivity contribution < 1.29 is 4.74 Å². The predicted octanol–water partition coefficient (Wildman–Crippen LogP) is 2.56. The highest BCUT2D eigenvalue weighted by molar-refractivity contribution is 14.0. The third-order valence-corrected chi connectivity index (χ3v) is 4.61. The molecule has 7 heteroatoms. The second-order valence-corrected chi connectivity index (χ2v) is 6.83. The molecule has 1 saturated heterocycles. The summed E-state index contributed by atoms with van der Waals surface area (Å²) in [6.07, 6.45) is 3.00. The molecule has 0 unspecified atom stereocenters. The molecule has 0 amide bonds. The van der Waals surface area contributed by atoms with Crippen LogP contribution in [0.4, 0.5) is 0 Å². The normalized spacial score (nSPS) is 16.0. The first-order valence-electron chi connectivity index (χ1n) is 9.97. The quantitative estimate of drug-likeness (QED) is 0.236. The highest BCUT2D eigenvalue weighted by Crippen LogP contribution is 2.18. The summed E-state index contributed by atoms with van der Waals surface area (Å²) < 4.78 is 5.72. The first-order chi connectivity index (χ1) is 13.2. The minimum Gasteiger partial charge on any atom is -0.489 e. The van der Waals surface area contributed by atoms with Crippen LogP contribution in [0.25, 0.3) is 0 Å². The largest absolute Gasteiger partial charge is 0.489 e. The SMILES string of the molecule is C=CCOc1ccccc1CN=C(NCC)NCCN1CCCN(C)CC1.I. The van der Waals surface area contributed by atoms with Gasteiger partial charge in [0.25, 0.3) is 0 Å². The third-order valence-electron chi connectivity index (χ3n) is 4.61. The van der Waals surface area contributed by atoms with Gasteiger partial charge in [0, 0.05) is 38.3 Å². The smallest absolute Gasteiger partial charge is 0.191 e. The average molecular weight is 501 g/mol. The molecule has 0 spiro atoms. The molecule has 0 bridgehead atoms. The zero-order valence-corrected chi connectivity index (χ0v) is 19.7. The highest BCUT2D eigenvalue weighted by atomic mass is 127. The van der Waals surface area contributed by atoms with E-state index in [9.17, 15) is 0 Å². The Balaban J connectivity index is 0.00000392. The van der Waals surface area contributed by atoms with Gasteiger partial charge in [0.2, 0.25) is 0 Å². The van der Waals surface area contributed by atoms with E-state index in [-0.39, 0.29) is 24.0 Å². The maximum absolute atomic E-state index is 5.72. The number of aliphatic imine (C=N–C) groups is 1. The Bertz CT molecular complexity index is 596. The lowest BCUT2D eigenvalue weighted by Gasteiger charge is -2.21. The minimum absolute atomic E-state index is 0. The number of hydrogen-bond donors (Lipinski definition) is 2. The van der Waals surface area contributed by atoms with Crippen LogP contribution in [0.2, 0.25) is 0 Å². The Morgan fingerprint density at radius 3 is 2.82 bits per heavy atom. The second kappa shape index (κ2) is 14.6. The maximum Gasteiger partial charge on any atom is 0.191 e. The molecule has 0 aromatic heterocycles. The van der Waals surface area contributed by atoms with Crippen molar-refractivity contribution in [2.75, 3.05) is 59.5 Å². The molecule has 1 fully saturated rings. The molecular weight excluding hydrogens is 465 g/mol. The van der Waals surface area contributed by atoms with Crippen LogP contribution >= 0.6 is 24.0 Å². The maximum atomic E-state index is 5.72. The van der Waals surface area contributed by atoms with Gasteiger partial charge in [0.05, 0.1) is 6.54 Å². The van der Waals surface area contributed by atoms with Crippen LogP contribution in [0.1, 0.15) is 18.9 Å². The number of para-hydroxylation sites is 1. The van der Waals surface area contributed by atoms with E-state index < -0.39 is 0 Å². The van der Waals surface area contributed by atoms with Gasteiger partial charge in [-0.15, -0.1) is 24.0 Å². The van der Waals surface area contributed by atoms with Gasteiger partial charge < -0.3 is 25.2 Å². The van der Waals surface area contributed by atoms with E-state index in [2.05, 4.69) is 47.1 Å². The topological polar surface area (TPSA) is 52.1 Å². The van der Waals surface area contributed by atoms with Crippen molar-refractivity contribution >= 4 is 29.9 Å². The number of rotatable bonds is 9. The van der Waals surface area contributed by atoms with Gasteiger partial charge in [-0.3, -0.25) is 0 Å². The number of likely N-dealkylation sites (N-methyl/N-ethyl adjacent to an activating group) is 1. The second-order valence-electron chi connectivity index (χ2n) is 6.83. The molecule has 28 heavy (non-hydrogen) atoms. The lowest BCUT2D eigenvalue weighted by atomic mass is 10.2. The van der Waals surface area contributed by atoms with E-state index in [0.717, 1.165) is 50.0 Å². The van der Waals surface area contributed by atoms with E-state index in [1.807, 2.05) is 18.2 Å². The van der Waals surface area contributed by atoms with Crippen molar-refractivity contribution in [1.29, 1.82) is 0 Å². The van der Waals surface area contributed by atoms with Crippen molar-refractivity contribution in [3.8, 4) is 5.75 Å². The Labute approximate surface area is 187 Å². The molecule has 0 atom stereocenters. The Kier molecular flexibility index (Phi) is 12.9. The summed E-state index contributed by atoms with van der Waals surface area (Å²) in [6, 6.07) is 8.03. The van der Waals surface area contributed by atoms with E-state index in [1.165, 1.54) is 19.5 Å². The molecule has 0 aliphatic carbocycles. The molecule has 1 aromatic rings. The van der Waals surface area contributed by atoms with Gasteiger partial charge in [-0.2, -0.15) is 0 Å². The summed E-state index contributed by atoms with van der Waals surface area (Å²) in [6.45, 7) is 14.3. The van der Waals surface area contributed by atoms with Gasteiger partial charge in [-0.1, -0.05) is 30.9 Å². The zero-order chi connectivity index (χ0) is 19.3. The monoisotopic (exact) mass is 501 g/mol. The van der Waals surface area contributed by atoms with Crippen molar-refractivity contribution in [3.63, 3.8) is 0 Å². The molecule has 0 saturated carbocycles. The fourth-order valence-corrected chi connectivity index (χ4v) is 3.09. The number of hydrogen-bond acceptors (Lipinski definition) is 4. The number of halogens is 1. The molecule has 1 heterocycles. The Morgan fingerprint density at radius 2 is 2.04 bits per heavy atom. The van der Waals surface area contributed by atoms with Gasteiger partial charge in [0.15, 0.2) is 5.96 Å². The lowest BCUT2D eigenvalue weighted by molar-refractivity contribution is 0.280. The van der Waals surface area contributed by atoms with Crippen LogP contribution in [0.3, 0.4) is 0 Å². The molecule has 1 aromatic carbocycles. The van der Waals surface area contributed by atoms with Crippen molar-refractivity contribution in [3.05, 3.63) is 42.5 Å². The van der Waals surface area contributed by atoms with E-state index in [0.29, 0.717) is 13.2 Å². The van der Waals surface area contributed by atoms with Crippen LogP contribution < -0.4 is 15.4 Å².